The molecule has 2 nitrogen and oxygen atoms in total. The quantitative estimate of drug-likeness (QED) is 0.704. The Balaban J connectivity index is 2.37. The molecule has 110 valence electrons. The SMILES string of the molecule is C=CCOc1ccc(C2=CC=C(Br)C(=C)N2CC)c(F)c1. The smallest absolute Gasteiger partial charge is 0.136 e. The Morgan fingerprint density at radius 3 is 2.76 bits per heavy atom. The normalized spacial score (nSPS) is 14.6. The van der Waals surface area contributed by atoms with Gasteiger partial charge in [-0.25, -0.2) is 4.39 Å². The predicted octanol–water partition coefficient (Wildman–Crippen LogP) is 4.86. The Bertz CT molecular complexity index is 634. The summed E-state index contributed by atoms with van der Waals surface area (Å²) in [5.74, 6) is 0.173. The number of allylic oxidation sites excluding steroid dienone is 3. The molecule has 0 aromatic heterocycles. The molecule has 1 aliphatic heterocycles. The van der Waals surface area contributed by atoms with Gasteiger partial charge < -0.3 is 9.64 Å². The number of likely N-dealkylation sites (N-methyl/N-ethyl adjacent to an activating group) is 1. The third kappa shape index (κ3) is 3.27. The van der Waals surface area contributed by atoms with Crippen molar-refractivity contribution in [2.45, 2.75) is 6.92 Å². The molecular formula is C17H17BrFNO. The zero-order chi connectivity index (χ0) is 15.4. The van der Waals surface area contributed by atoms with Crippen molar-refractivity contribution in [3.63, 3.8) is 0 Å². The lowest BCUT2D eigenvalue weighted by molar-refractivity contribution is 0.360. The summed E-state index contributed by atoms with van der Waals surface area (Å²) in [4.78, 5) is 1.97. The minimum absolute atomic E-state index is 0.319. The average molecular weight is 350 g/mol. The van der Waals surface area contributed by atoms with Crippen LogP contribution in [-0.2, 0) is 0 Å². The van der Waals surface area contributed by atoms with E-state index >= 15 is 0 Å². The molecule has 0 atom stereocenters. The van der Waals surface area contributed by atoms with Gasteiger partial charge in [-0.05, 0) is 47.1 Å². The van der Waals surface area contributed by atoms with Gasteiger partial charge >= 0.3 is 0 Å². The van der Waals surface area contributed by atoms with Gasteiger partial charge in [0, 0.05) is 28.4 Å². The van der Waals surface area contributed by atoms with Gasteiger partial charge in [0.15, 0.2) is 0 Å². The van der Waals surface area contributed by atoms with Crippen LogP contribution in [0.25, 0.3) is 5.70 Å². The van der Waals surface area contributed by atoms with Gasteiger partial charge in [-0.15, -0.1) is 0 Å². The first kappa shape index (κ1) is 15.6. The lowest BCUT2D eigenvalue weighted by atomic mass is 10.1. The van der Waals surface area contributed by atoms with E-state index in [1.54, 1.807) is 18.2 Å². The molecule has 4 heteroatoms. The molecule has 1 aromatic carbocycles. The number of hydrogen-bond acceptors (Lipinski definition) is 2. The van der Waals surface area contributed by atoms with E-state index in [0.29, 0.717) is 24.5 Å². The first-order valence-corrected chi connectivity index (χ1v) is 7.45. The molecule has 1 aliphatic rings. The Labute approximate surface area is 133 Å². The van der Waals surface area contributed by atoms with Crippen LogP contribution in [-0.4, -0.2) is 18.1 Å². The van der Waals surface area contributed by atoms with Gasteiger partial charge in [0.2, 0.25) is 0 Å². The molecular weight excluding hydrogens is 333 g/mol. The molecule has 0 N–H and O–H groups in total. The van der Waals surface area contributed by atoms with Crippen molar-refractivity contribution in [3.05, 3.63) is 71.1 Å². The number of nitrogens with zero attached hydrogens (tertiary/aromatic N) is 1. The summed E-state index contributed by atoms with van der Waals surface area (Å²) >= 11 is 3.45. The van der Waals surface area contributed by atoms with Crippen LogP contribution < -0.4 is 4.74 Å². The molecule has 0 fully saturated rings. The van der Waals surface area contributed by atoms with E-state index in [1.165, 1.54) is 6.07 Å². The molecule has 21 heavy (non-hydrogen) atoms. The van der Waals surface area contributed by atoms with Crippen LogP contribution >= 0.6 is 15.9 Å². The van der Waals surface area contributed by atoms with E-state index in [2.05, 4.69) is 29.1 Å². The fraction of sp³-hybridized carbons (Fsp3) is 0.176. The molecule has 0 radical (unpaired) electrons. The van der Waals surface area contributed by atoms with Gasteiger partial charge in [-0.3, -0.25) is 0 Å². The predicted molar refractivity (Wildman–Crippen MR) is 88.6 cm³/mol. The van der Waals surface area contributed by atoms with E-state index in [9.17, 15) is 4.39 Å². The first-order chi connectivity index (χ1) is 10.1. The van der Waals surface area contributed by atoms with Crippen molar-refractivity contribution in [2.75, 3.05) is 13.2 Å². The zero-order valence-corrected chi connectivity index (χ0v) is 13.5. The summed E-state index contributed by atoms with van der Waals surface area (Å²) in [6.07, 6.45) is 5.39. The molecule has 1 heterocycles. The molecule has 0 saturated carbocycles. The lowest BCUT2D eigenvalue weighted by Crippen LogP contribution is -2.23. The van der Waals surface area contributed by atoms with E-state index < -0.39 is 0 Å². The highest BCUT2D eigenvalue weighted by atomic mass is 79.9. The lowest BCUT2D eigenvalue weighted by Gasteiger charge is -2.30. The van der Waals surface area contributed by atoms with Crippen LogP contribution in [0.3, 0.4) is 0 Å². The maximum atomic E-state index is 14.4. The van der Waals surface area contributed by atoms with Crippen molar-refractivity contribution in [1.82, 2.24) is 4.90 Å². The Hall–Kier alpha value is -1.81. The van der Waals surface area contributed by atoms with E-state index in [0.717, 1.165) is 15.9 Å². The van der Waals surface area contributed by atoms with Crippen LogP contribution in [0.2, 0.25) is 0 Å². The second kappa shape index (κ2) is 6.76. The second-order valence-corrected chi connectivity index (χ2v) is 5.35. The van der Waals surface area contributed by atoms with E-state index in [1.807, 2.05) is 24.0 Å². The number of rotatable bonds is 5. The Kier molecular flexibility index (Phi) is 5.02. The van der Waals surface area contributed by atoms with Crippen LogP contribution in [0.5, 0.6) is 5.75 Å². The summed E-state index contributed by atoms with van der Waals surface area (Å²) in [5, 5.41) is 0. The average Bonchev–Trinajstić information content (AvgIpc) is 2.48. The van der Waals surface area contributed by atoms with Gasteiger partial charge in [-0.2, -0.15) is 0 Å². The maximum Gasteiger partial charge on any atom is 0.136 e. The van der Waals surface area contributed by atoms with E-state index in [4.69, 9.17) is 4.74 Å². The molecule has 0 amide bonds. The molecule has 0 saturated heterocycles. The molecule has 1 aromatic rings. The van der Waals surface area contributed by atoms with Crippen LogP contribution in [0, 0.1) is 5.82 Å². The summed E-state index contributed by atoms with van der Waals surface area (Å²) in [7, 11) is 0. The third-order valence-corrected chi connectivity index (χ3v) is 3.90. The minimum Gasteiger partial charge on any atom is -0.489 e. The van der Waals surface area contributed by atoms with Gasteiger partial charge in [0.25, 0.3) is 0 Å². The molecule has 0 aliphatic carbocycles. The summed E-state index contributed by atoms with van der Waals surface area (Å²) in [6, 6.07) is 4.87. The highest BCUT2D eigenvalue weighted by molar-refractivity contribution is 9.12. The number of ether oxygens (including phenoxy) is 1. The van der Waals surface area contributed by atoms with Gasteiger partial charge in [0.1, 0.15) is 18.2 Å². The number of benzene rings is 1. The number of halogens is 2. The Morgan fingerprint density at radius 1 is 1.38 bits per heavy atom. The highest BCUT2D eigenvalue weighted by Crippen LogP contribution is 2.34. The summed E-state index contributed by atoms with van der Waals surface area (Å²) < 4.78 is 20.6. The van der Waals surface area contributed by atoms with Crippen molar-refractivity contribution in [1.29, 1.82) is 0 Å². The fourth-order valence-electron chi connectivity index (χ4n) is 2.16. The van der Waals surface area contributed by atoms with Crippen molar-refractivity contribution in [2.24, 2.45) is 0 Å². The van der Waals surface area contributed by atoms with Crippen LogP contribution in [0.15, 0.2) is 59.8 Å². The minimum atomic E-state index is -0.319. The third-order valence-electron chi connectivity index (χ3n) is 3.18. The van der Waals surface area contributed by atoms with Crippen LogP contribution in [0.4, 0.5) is 4.39 Å². The maximum absolute atomic E-state index is 14.4. The molecule has 0 bridgehead atoms. The van der Waals surface area contributed by atoms with Gasteiger partial charge in [-0.1, -0.05) is 19.2 Å². The van der Waals surface area contributed by atoms with Crippen molar-refractivity contribution >= 4 is 21.6 Å². The Morgan fingerprint density at radius 2 is 2.14 bits per heavy atom. The van der Waals surface area contributed by atoms with Crippen LogP contribution in [0.1, 0.15) is 12.5 Å². The highest BCUT2D eigenvalue weighted by Gasteiger charge is 2.20. The van der Waals surface area contributed by atoms with Crippen molar-refractivity contribution in [3.8, 4) is 5.75 Å². The summed E-state index contributed by atoms with van der Waals surface area (Å²) in [5.41, 5.74) is 2.14. The van der Waals surface area contributed by atoms with E-state index in [-0.39, 0.29) is 5.82 Å². The summed E-state index contributed by atoms with van der Waals surface area (Å²) in [6.45, 7) is 10.7. The monoisotopic (exact) mass is 349 g/mol. The topological polar surface area (TPSA) is 12.5 Å². The molecule has 0 unspecified atom stereocenters. The molecule has 0 spiro atoms. The largest absolute Gasteiger partial charge is 0.489 e. The molecule has 2 rings (SSSR count). The fourth-order valence-corrected chi connectivity index (χ4v) is 2.50. The number of hydrogen-bond donors (Lipinski definition) is 0. The zero-order valence-electron chi connectivity index (χ0n) is 11.9. The van der Waals surface area contributed by atoms with Gasteiger partial charge in [0.05, 0.1) is 5.70 Å². The first-order valence-electron chi connectivity index (χ1n) is 6.66. The van der Waals surface area contributed by atoms with Crippen molar-refractivity contribution < 1.29 is 9.13 Å². The standard InChI is InChI=1S/C17H17BrFNO/c1-4-10-21-13-6-7-14(16(19)11-13)17-9-8-15(18)12(3)20(17)5-2/h4,6-9,11H,1,3,5,10H2,2H3. The second-order valence-electron chi connectivity index (χ2n) is 4.50.